The lowest BCUT2D eigenvalue weighted by atomic mass is 10.1. The van der Waals surface area contributed by atoms with Crippen molar-refractivity contribution in [3.63, 3.8) is 0 Å². The predicted octanol–water partition coefficient (Wildman–Crippen LogP) is 2.16. The van der Waals surface area contributed by atoms with Gasteiger partial charge in [-0.25, -0.2) is 0 Å². The number of hydrogen-bond donors (Lipinski definition) is 1. The van der Waals surface area contributed by atoms with E-state index >= 15 is 0 Å². The molecule has 0 saturated carbocycles. The standard InChI is InChI=1S/C13H15N3O3S/c1-9(2)10-7-12(19-15-10)14-11(17)8-20-13-5-3-4-6-16(13)18/h3-7,9H,8H2,1-2H3,(H,14,17). The molecule has 1 N–H and O–H groups in total. The van der Waals surface area contributed by atoms with Crippen LogP contribution in [-0.4, -0.2) is 16.8 Å². The fourth-order valence-corrected chi connectivity index (χ4v) is 2.17. The number of hydrogen-bond acceptors (Lipinski definition) is 5. The van der Waals surface area contributed by atoms with Crippen molar-refractivity contribution in [1.29, 1.82) is 0 Å². The van der Waals surface area contributed by atoms with Crippen LogP contribution in [0.1, 0.15) is 25.5 Å². The highest BCUT2D eigenvalue weighted by Gasteiger charge is 2.12. The summed E-state index contributed by atoms with van der Waals surface area (Å²) in [6.45, 7) is 3.98. The number of thioether (sulfide) groups is 1. The van der Waals surface area contributed by atoms with Gasteiger partial charge in [-0.2, -0.15) is 4.73 Å². The van der Waals surface area contributed by atoms with E-state index in [9.17, 15) is 10.0 Å². The Balaban J connectivity index is 1.88. The van der Waals surface area contributed by atoms with Crippen LogP contribution in [0.25, 0.3) is 0 Å². The minimum Gasteiger partial charge on any atom is -0.618 e. The number of anilines is 1. The summed E-state index contributed by atoms with van der Waals surface area (Å²) in [7, 11) is 0. The van der Waals surface area contributed by atoms with Crippen molar-refractivity contribution < 1.29 is 14.0 Å². The topological polar surface area (TPSA) is 82.1 Å². The van der Waals surface area contributed by atoms with E-state index in [0.29, 0.717) is 10.9 Å². The molecule has 2 aromatic heterocycles. The number of nitrogens with one attached hydrogen (secondary N) is 1. The van der Waals surface area contributed by atoms with Gasteiger partial charge in [0.05, 0.1) is 11.4 Å². The monoisotopic (exact) mass is 293 g/mol. The van der Waals surface area contributed by atoms with Crippen LogP contribution in [0.2, 0.25) is 0 Å². The molecule has 0 radical (unpaired) electrons. The highest BCUT2D eigenvalue weighted by Crippen LogP contribution is 2.18. The molecule has 6 nitrogen and oxygen atoms in total. The van der Waals surface area contributed by atoms with Gasteiger partial charge in [0.25, 0.3) is 5.03 Å². The highest BCUT2D eigenvalue weighted by molar-refractivity contribution is 7.99. The Bertz CT molecular complexity index is 598. The molecule has 7 heteroatoms. The second-order valence-electron chi connectivity index (χ2n) is 4.47. The van der Waals surface area contributed by atoms with Crippen molar-refractivity contribution in [2.45, 2.75) is 24.8 Å². The van der Waals surface area contributed by atoms with Gasteiger partial charge >= 0.3 is 0 Å². The van der Waals surface area contributed by atoms with E-state index in [1.165, 1.54) is 6.20 Å². The predicted molar refractivity (Wildman–Crippen MR) is 75.3 cm³/mol. The molecule has 0 aliphatic rings. The smallest absolute Gasteiger partial charge is 0.251 e. The fraction of sp³-hybridized carbons (Fsp3) is 0.308. The summed E-state index contributed by atoms with van der Waals surface area (Å²) in [6, 6.07) is 6.75. The Morgan fingerprint density at radius 1 is 1.55 bits per heavy atom. The largest absolute Gasteiger partial charge is 0.618 e. The Hall–Kier alpha value is -2.02. The molecule has 2 rings (SSSR count). The lowest BCUT2D eigenvalue weighted by Gasteiger charge is -2.02. The minimum absolute atomic E-state index is 0.129. The molecule has 0 aliphatic carbocycles. The van der Waals surface area contributed by atoms with Gasteiger partial charge < -0.3 is 9.73 Å². The minimum atomic E-state index is -0.245. The Morgan fingerprint density at radius 2 is 2.35 bits per heavy atom. The summed E-state index contributed by atoms with van der Waals surface area (Å²) in [5.41, 5.74) is 0.786. The van der Waals surface area contributed by atoms with Crippen molar-refractivity contribution in [3.8, 4) is 0 Å². The normalized spacial score (nSPS) is 10.8. The molecule has 106 valence electrons. The van der Waals surface area contributed by atoms with Crippen molar-refractivity contribution in [3.05, 3.63) is 41.4 Å². The van der Waals surface area contributed by atoms with E-state index < -0.39 is 0 Å². The van der Waals surface area contributed by atoms with Crippen molar-refractivity contribution in [1.82, 2.24) is 5.16 Å². The van der Waals surface area contributed by atoms with Gasteiger partial charge in [0, 0.05) is 18.2 Å². The van der Waals surface area contributed by atoms with Crippen LogP contribution in [0.3, 0.4) is 0 Å². The summed E-state index contributed by atoms with van der Waals surface area (Å²) >= 11 is 1.16. The summed E-state index contributed by atoms with van der Waals surface area (Å²) in [5.74, 6) is 0.444. The summed E-state index contributed by atoms with van der Waals surface area (Å²) in [6.07, 6.45) is 1.39. The third-order valence-electron chi connectivity index (χ3n) is 2.52. The van der Waals surface area contributed by atoms with Crippen LogP contribution in [0.5, 0.6) is 0 Å². The van der Waals surface area contributed by atoms with E-state index in [1.807, 2.05) is 13.8 Å². The average Bonchev–Trinajstić information content (AvgIpc) is 2.86. The van der Waals surface area contributed by atoms with Gasteiger partial charge in [0.15, 0.2) is 6.20 Å². The first-order valence-corrected chi connectivity index (χ1v) is 7.12. The molecule has 0 spiro atoms. The molecule has 2 heterocycles. The Morgan fingerprint density at radius 3 is 3.00 bits per heavy atom. The number of carbonyl (C=O) groups excluding carboxylic acids is 1. The number of nitrogens with zero attached hydrogens (tertiary/aromatic N) is 2. The maximum Gasteiger partial charge on any atom is 0.251 e. The molecule has 2 aromatic rings. The van der Waals surface area contributed by atoms with Crippen LogP contribution in [0, 0.1) is 5.21 Å². The molecule has 0 aliphatic heterocycles. The molecular weight excluding hydrogens is 278 g/mol. The lowest BCUT2D eigenvalue weighted by Crippen LogP contribution is -2.28. The number of rotatable bonds is 5. The molecule has 20 heavy (non-hydrogen) atoms. The van der Waals surface area contributed by atoms with Crippen molar-refractivity contribution in [2.24, 2.45) is 0 Å². The number of amides is 1. The van der Waals surface area contributed by atoms with Gasteiger partial charge in [-0.1, -0.05) is 19.0 Å². The third kappa shape index (κ3) is 3.74. The summed E-state index contributed by atoms with van der Waals surface area (Å²) in [4.78, 5) is 11.7. The second-order valence-corrected chi connectivity index (χ2v) is 5.47. The van der Waals surface area contributed by atoms with E-state index in [-0.39, 0.29) is 17.6 Å². The molecule has 0 atom stereocenters. The Kier molecular flexibility index (Phi) is 4.62. The molecule has 0 saturated heterocycles. The zero-order valence-electron chi connectivity index (χ0n) is 11.2. The SMILES string of the molecule is CC(C)c1cc(NC(=O)CSc2cccc[n+]2[O-])on1. The van der Waals surface area contributed by atoms with Gasteiger partial charge in [-0.15, -0.1) is 0 Å². The highest BCUT2D eigenvalue weighted by atomic mass is 32.2. The van der Waals surface area contributed by atoms with Gasteiger partial charge in [0.2, 0.25) is 11.8 Å². The van der Waals surface area contributed by atoms with Crippen LogP contribution >= 0.6 is 11.8 Å². The van der Waals surface area contributed by atoms with Crippen LogP contribution in [0.15, 0.2) is 40.0 Å². The molecule has 0 unspecified atom stereocenters. The van der Waals surface area contributed by atoms with Crippen molar-refractivity contribution >= 4 is 23.6 Å². The van der Waals surface area contributed by atoms with Crippen LogP contribution < -0.4 is 10.0 Å². The van der Waals surface area contributed by atoms with Gasteiger partial charge in [-0.3, -0.25) is 10.1 Å². The number of aromatic nitrogens is 2. The molecule has 0 aromatic carbocycles. The molecule has 0 fully saturated rings. The number of pyridine rings is 1. The lowest BCUT2D eigenvalue weighted by molar-refractivity contribution is -0.645. The van der Waals surface area contributed by atoms with E-state index in [2.05, 4.69) is 10.5 Å². The molecule has 0 bridgehead atoms. The van der Waals surface area contributed by atoms with Gasteiger partial charge in [0.1, 0.15) is 0 Å². The first-order valence-electron chi connectivity index (χ1n) is 6.13. The maximum atomic E-state index is 11.7. The van der Waals surface area contributed by atoms with E-state index in [4.69, 9.17) is 4.52 Å². The quantitative estimate of drug-likeness (QED) is 0.519. The van der Waals surface area contributed by atoms with E-state index in [1.54, 1.807) is 24.3 Å². The first kappa shape index (κ1) is 14.4. The van der Waals surface area contributed by atoms with Crippen LogP contribution in [-0.2, 0) is 4.79 Å². The molecular formula is C13H15N3O3S. The zero-order valence-corrected chi connectivity index (χ0v) is 12.0. The summed E-state index contributed by atoms with van der Waals surface area (Å²) < 4.78 is 5.74. The van der Waals surface area contributed by atoms with Crippen molar-refractivity contribution in [2.75, 3.05) is 11.1 Å². The fourth-order valence-electron chi connectivity index (χ4n) is 1.46. The summed E-state index contributed by atoms with van der Waals surface area (Å²) in [5, 5.41) is 18.3. The Labute approximate surface area is 120 Å². The zero-order chi connectivity index (χ0) is 14.5. The van der Waals surface area contributed by atoms with Gasteiger partial charge in [-0.05, 0) is 23.7 Å². The average molecular weight is 293 g/mol. The first-order chi connectivity index (χ1) is 9.56. The second kappa shape index (κ2) is 6.42. The maximum absolute atomic E-state index is 11.7. The van der Waals surface area contributed by atoms with E-state index in [0.717, 1.165) is 22.2 Å². The van der Waals surface area contributed by atoms with Crippen LogP contribution in [0.4, 0.5) is 5.88 Å². The third-order valence-corrected chi connectivity index (χ3v) is 3.54. The molecule has 1 amide bonds. The number of carbonyl (C=O) groups is 1.